The lowest BCUT2D eigenvalue weighted by atomic mass is 9.93. The molecule has 7 rings (SSSR count). The number of aliphatic hydroxyl groups is 1. The van der Waals surface area contributed by atoms with E-state index in [1.807, 2.05) is 0 Å². The van der Waals surface area contributed by atoms with Gasteiger partial charge in [0, 0.05) is 35.7 Å². The molecule has 1 saturated carbocycles. The number of benzene rings is 2. The summed E-state index contributed by atoms with van der Waals surface area (Å²) >= 11 is 6.60. The molecule has 12 nitrogen and oxygen atoms in total. The second kappa shape index (κ2) is 14.5. The Bertz CT molecular complexity index is 2670. The number of pyridine rings is 1. The summed E-state index contributed by atoms with van der Waals surface area (Å²) in [4.78, 5) is 18.7. The molecule has 1 amide bonds. The Morgan fingerprint density at radius 2 is 1.81 bits per heavy atom. The number of carbonyl (C=O) groups is 1. The number of methoxy groups -OCH3 is 1. The average molecular weight is 850 g/mol. The van der Waals surface area contributed by atoms with Gasteiger partial charge in [0.05, 0.1) is 41.0 Å². The monoisotopic (exact) mass is 849 g/mol. The summed E-state index contributed by atoms with van der Waals surface area (Å²) in [5, 5.41) is 21.4. The zero-order valence-corrected chi connectivity index (χ0v) is 32.8. The first-order valence-corrected chi connectivity index (χ1v) is 19.8. The molecule has 0 aliphatic heterocycles. The fourth-order valence-electron chi connectivity index (χ4n) is 7.42. The van der Waals surface area contributed by atoms with Gasteiger partial charge in [-0.2, -0.15) is 19.0 Å². The van der Waals surface area contributed by atoms with Crippen molar-refractivity contribution in [1.29, 1.82) is 0 Å². The number of hydrogen-bond donors (Lipinski definition) is 3. The van der Waals surface area contributed by atoms with Gasteiger partial charge in [-0.3, -0.25) is 18.9 Å². The van der Waals surface area contributed by atoms with Crippen LogP contribution in [0.25, 0.3) is 22.0 Å². The molecule has 3 N–H and O–H groups in total. The molecule has 5 aromatic rings. The van der Waals surface area contributed by atoms with Crippen LogP contribution < -0.4 is 14.8 Å². The average Bonchev–Trinajstić information content (AvgIpc) is 3.65. The number of rotatable bonds is 11. The Hall–Kier alpha value is -5.32. The van der Waals surface area contributed by atoms with Crippen LogP contribution in [-0.4, -0.2) is 62.9 Å². The lowest BCUT2D eigenvalue weighted by Crippen LogP contribution is -2.35. The van der Waals surface area contributed by atoms with Crippen molar-refractivity contribution in [2.24, 2.45) is 13.0 Å². The van der Waals surface area contributed by atoms with Crippen LogP contribution in [0.3, 0.4) is 0 Å². The Kier molecular flexibility index (Phi) is 10.2. The van der Waals surface area contributed by atoms with E-state index in [0.717, 1.165) is 18.4 Å². The highest BCUT2D eigenvalue weighted by atomic mass is 35.5. The van der Waals surface area contributed by atoms with Gasteiger partial charge < -0.3 is 15.2 Å². The Labute approximate surface area is 332 Å². The van der Waals surface area contributed by atoms with Crippen LogP contribution in [0.2, 0.25) is 5.02 Å². The molecule has 0 unspecified atom stereocenters. The zero-order chi connectivity index (χ0) is 42.2. The fourth-order valence-corrected chi connectivity index (χ4v) is 8.16. The molecule has 58 heavy (non-hydrogen) atoms. The van der Waals surface area contributed by atoms with Crippen LogP contribution in [-0.2, 0) is 40.8 Å². The third-order valence-electron chi connectivity index (χ3n) is 9.72. The van der Waals surface area contributed by atoms with Crippen LogP contribution >= 0.6 is 11.6 Å². The van der Waals surface area contributed by atoms with Crippen molar-refractivity contribution >= 4 is 44.3 Å². The first kappa shape index (κ1) is 40.9. The Balaban J connectivity index is 1.43. The Morgan fingerprint density at radius 1 is 1.12 bits per heavy atom. The summed E-state index contributed by atoms with van der Waals surface area (Å²) < 4.78 is 123. The quantitative estimate of drug-likeness (QED) is 0.101. The van der Waals surface area contributed by atoms with Gasteiger partial charge in [0.2, 0.25) is 15.9 Å². The largest absolute Gasteiger partial charge is 0.494 e. The molecular weight excluding hydrogens is 816 g/mol. The molecule has 0 spiro atoms. The number of sulfonamides is 1. The van der Waals surface area contributed by atoms with E-state index in [9.17, 15) is 35.9 Å². The summed E-state index contributed by atoms with van der Waals surface area (Å²) in [7, 11) is -1.04. The second-order valence-electron chi connectivity index (χ2n) is 14.7. The highest BCUT2D eigenvalue weighted by molar-refractivity contribution is 7.92. The van der Waals surface area contributed by atoms with Gasteiger partial charge in [0.15, 0.2) is 17.3 Å². The normalized spacial score (nSPS) is 17.4. The van der Waals surface area contributed by atoms with Crippen molar-refractivity contribution in [3.05, 3.63) is 87.0 Å². The van der Waals surface area contributed by atoms with Crippen molar-refractivity contribution in [2.45, 2.75) is 63.1 Å². The number of aromatic nitrogens is 5. The maximum absolute atomic E-state index is 15.4. The standard InChI is InChI=1S/C38H34ClF6N7O5S/c1-37(2,54)9-8-25-27(57-4)15-21(20-6-7-24(39)30-33(20)51(3)49-36(30)50-58(5,55)56)31(47-25)26(12-17-10-18(40)13-19(41)11-17)46-28(53)16-52-34-29(32(48-52)35(42)43)22-14-23(22)38(34,44)45/h6-7,10-11,13,15,22-23,26,35,54H,12,14,16H2,1-5H3,(H,46,53)(H,49,50)/t22-,23+,26-/m0/s1. The second-order valence-corrected chi connectivity index (χ2v) is 16.9. The molecule has 2 aliphatic rings. The topological polar surface area (TPSA) is 153 Å². The van der Waals surface area contributed by atoms with Gasteiger partial charge in [-0.25, -0.2) is 31.0 Å². The van der Waals surface area contributed by atoms with E-state index >= 15 is 8.78 Å². The number of anilines is 1. The van der Waals surface area contributed by atoms with Gasteiger partial charge in [-0.15, -0.1) is 0 Å². The maximum Gasteiger partial charge on any atom is 0.293 e. The van der Waals surface area contributed by atoms with Gasteiger partial charge in [-0.1, -0.05) is 23.6 Å². The van der Waals surface area contributed by atoms with Gasteiger partial charge in [-0.05, 0) is 68.4 Å². The van der Waals surface area contributed by atoms with Gasteiger partial charge in [0.25, 0.3) is 12.3 Å². The molecule has 3 heterocycles. The zero-order valence-electron chi connectivity index (χ0n) is 31.3. The molecule has 3 aromatic heterocycles. The minimum Gasteiger partial charge on any atom is -0.494 e. The van der Waals surface area contributed by atoms with E-state index in [4.69, 9.17) is 21.3 Å². The highest BCUT2D eigenvalue weighted by Crippen LogP contribution is 2.68. The van der Waals surface area contributed by atoms with Crippen LogP contribution in [0.15, 0.2) is 36.4 Å². The first-order valence-electron chi connectivity index (χ1n) is 17.6. The molecule has 1 fully saturated rings. The molecule has 2 aliphatic carbocycles. The Morgan fingerprint density at radius 3 is 2.43 bits per heavy atom. The number of alkyl halides is 4. The number of nitrogens with zero attached hydrogens (tertiary/aromatic N) is 5. The van der Waals surface area contributed by atoms with E-state index in [-0.39, 0.29) is 74.0 Å². The van der Waals surface area contributed by atoms with Gasteiger partial charge >= 0.3 is 0 Å². The molecule has 0 saturated heterocycles. The van der Waals surface area contributed by atoms with Crippen LogP contribution in [0.4, 0.5) is 32.2 Å². The molecule has 20 heteroatoms. The molecule has 3 atom stereocenters. The lowest BCUT2D eigenvalue weighted by Gasteiger charge is -2.24. The highest BCUT2D eigenvalue weighted by Gasteiger charge is 2.67. The van der Waals surface area contributed by atoms with Crippen molar-refractivity contribution in [3.8, 4) is 28.7 Å². The summed E-state index contributed by atoms with van der Waals surface area (Å²) in [5.41, 5.74) is -2.76. The predicted molar refractivity (Wildman–Crippen MR) is 200 cm³/mol. The smallest absolute Gasteiger partial charge is 0.293 e. The summed E-state index contributed by atoms with van der Waals surface area (Å²) in [6, 6.07) is 5.75. The predicted octanol–water partition coefficient (Wildman–Crippen LogP) is 6.51. The molecule has 0 bridgehead atoms. The number of amides is 1. The van der Waals surface area contributed by atoms with E-state index in [1.54, 1.807) is 6.07 Å². The van der Waals surface area contributed by atoms with Gasteiger partial charge in [0.1, 0.15) is 35.2 Å². The van der Waals surface area contributed by atoms with E-state index < -0.39 is 81.3 Å². The van der Waals surface area contributed by atoms with Crippen LogP contribution in [0, 0.1) is 29.4 Å². The van der Waals surface area contributed by atoms with Crippen LogP contribution in [0.5, 0.6) is 5.75 Å². The SMILES string of the molecule is COc1cc(-c2ccc(Cl)c3c(NS(C)(=O)=O)nn(C)c23)c([C@H](Cc2cc(F)cc(F)c2)NC(=O)Cn2nc(C(F)F)c3c2C(F)(F)[C@@H]2C[C@H]32)nc1C#CC(C)(C)O. The third-order valence-corrected chi connectivity index (χ3v) is 10.6. The van der Waals surface area contributed by atoms with Crippen LogP contribution in [0.1, 0.15) is 72.6 Å². The summed E-state index contributed by atoms with van der Waals surface area (Å²) in [6.07, 6.45) is -2.64. The van der Waals surface area contributed by atoms with Crippen molar-refractivity contribution in [1.82, 2.24) is 29.9 Å². The molecule has 2 aromatic carbocycles. The number of aryl methyl sites for hydroxylation is 1. The minimum atomic E-state index is -3.86. The summed E-state index contributed by atoms with van der Waals surface area (Å²) in [6.45, 7) is 1.88. The van der Waals surface area contributed by atoms with Crippen molar-refractivity contribution in [3.63, 3.8) is 0 Å². The third kappa shape index (κ3) is 7.79. The minimum absolute atomic E-state index is 0.00886. The number of ether oxygens (including phenoxy) is 1. The number of carbonyl (C=O) groups excluding carboxylic acids is 1. The summed E-state index contributed by atoms with van der Waals surface area (Å²) in [5.74, 6) is -3.11. The number of nitrogens with one attached hydrogen (secondary N) is 2. The number of fused-ring (bicyclic) bond motifs is 4. The lowest BCUT2D eigenvalue weighted by molar-refractivity contribution is -0.123. The molecule has 0 radical (unpaired) electrons. The number of halogens is 7. The first-order chi connectivity index (χ1) is 27.1. The van der Waals surface area contributed by atoms with E-state index in [2.05, 4.69) is 32.1 Å². The molecular formula is C38H34ClF6N7O5S. The number of hydrogen-bond acceptors (Lipinski definition) is 8. The fraction of sp³-hybridized carbons (Fsp3) is 0.368. The maximum atomic E-state index is 15.4. The van der Waals surface area contributed by atoms with Crippen molar-refractivity contribution in [2.75, 3.05) is 18.1 Å². The molecule has 306 valence electrons. The van der Waals surface area contributed by atoms with E-state index in [1.165, 1.54) is 44.8 Å². The van der Waals surface area contributed by atoms with E-state index in [0.29, 0.717) is 10.7 Å². The van der Waals surface area contributed by atoms with Crippen molar-refractivity contribution < 1.29 is 49.4 Å².